The predicted octanol–water partition coefficient (Wildman–Crippen LogP) is 1.67. The minimum atomic E-state index is 0.411. The monoisotopic (exact) mass is 303 g/mol. The van der Waals surface area contributed by atoms with Crippen LogP contribution in [0.2, 0.25) is 0 Å². The van der Waals surface area contributed by atoms with Gasteiger partial charge in [-0.05, 0) is 36.1 Å². The Kier molecular flexibility index (Phi) is 4.38. The molecule has 16 heavy (non-hydrogen) atoms. The molecule has 0 aromatic carbocycles. The summed E-state index contributed by atoms with van der Waals surface area (Å²) in [6.07, 6.45) is 0. The van der Waals surface area contributed by atoms with Crippen LogP contribution in [0.5, 0.6) is 0 Å². The van der Waals surface area contributed by atoms with Gasteiger partial charge in [-0.25, -0.2) is 0 Å². The van der Waals surface area contributed by atoms with E-state index in [4.69, 9.17) is 0 Å². The number of halogens is 1. The number of nitrogens with zero attached hydrogens (tertiary/aromatic N) is 1. The average Bonchev–Trinajstić information content (AvgIpc) is 2.69. The molecule has 1 aliphatic rings. The second kappa shape index (κ2) is 5.60. The van der Waals surface area contributed by atoms with Crippen molar-refractivity contribution >= 4 is 27.3 Å². The zero-order chi connectivity index (χ0) is 11.5. The maximum Gasteiger partial charge on any atom is 0.0583 e. The molecule has 0 saturated carbocycles. The highest BCUT2D eigenvalue weighted by Crippen LogP contribution is 2.29. The van der Waals surface area contributed by atoms with Gasteiger partial charge in [-0.3, -0.25) is 4.90 Å². The van der Waals surface area contributed by atoms with E-state index in [0.29, 0.717) is 12.1 Å². The molecule has 1 aromatic heterocycles. The summed E-state index contributed by atoms with van der Waals surface area (Å²) in [6, 6.07) is 3.16. The topological polar surface area (TPSA) is 27.3 Å². The number of hydrogen-bond donors (Lipinski definition) is 2. The fourth-order valence-corrected chi connectivity index (χ4v) is 3.83. The molecule has 1 saturated heterocycles. The lowest BCUT2D eigenvalue weighted by molar-refractivity contribution is 0.163. The van der Waals surface area contributed by atoms with E-state index in [1.807, 2.05) is 18.4 Å². The molecule has 2 rings (SSSR count). The van der Waals surface area contributed by atoms with Crippen LogP contribution < -0.4 is 10.6 Å². The lowest BCUT2D eigenvalue weighted by Gasteiger charge is -2.38. The van der Waals surface area contributed by atoms with Gasteiger partial charge in [0.15, 0.2) is 0 Å². The Morgan fingerprint density at radius 1 is 1.69 bits per heavy atom. The molecule has 2 N–H and O–H groups in total. The summed E-state index contributed by atoms with van der Waals surface area (Å²) in [5.74, 6) is 0. The largest absolute Gasteiger partial charge is 0.314 e. The van der Waals surface area contributed by atoms with Crippen LogP contribution >= 0.6 is 27.3 Å². The first-order valence-electron chi connectivity index (χ1n) is 5.54. The van der Waals surface area contributed by atoms with Crippen LogP contribution in [0.25, 0.3) is 0 Å². The van der Waals surface area contributed by atoms with Gasteiger partial charge < -0.3 is 10.6 Å². The molecular weight excluding hydrogens is 286 g/mol. The smallest absolute Gasteiger partial charge is 0.0583 e. The highest BCUT2D eigenvalue weighted by molar-refractivity contribution is 9.10. The van der Waals surface area contributed by atoms with Crippen molar-refractivity contribution in [1.82, 2.24) is 15.5 Å². The van der Waals surface area contributed by atoms with Gasteiger partial charge >= 0.3 is 0 Å². The fourth-order valence-electron chi connectivity index (χ4n) is 2.21. The van der Waals surface area contributed by atoms with Crippen molar-refractivity contribution in [3.63, 3.8) is 0 Å². The molecule has 2 unspecified atom stereocenters. The minimum absolute atomic E-state index is 0.411. The summed E-state index contributed by atoms with van der Waals surface area (Å²) in [4.78, 5) is 3.83. The molecule has 2 heterocycles. The highest BCUT2D eigenvalue weighted by atomic mass is 79.9. The van der Waals surface area contributed by atoms with E-state index in [0.717, 1.165) is 19.6 Å². The first-order valence-corrected chi connectivity index (χ1v) is 7.22. The highest BCUT2D eigenvalue weighted by Gasteiger charge is 2.28. The molecule has 0 aliphatic carbocycles. The first-order chi connectivity index (χ1) is 7.72. The Hall–Kier alpha value is 0.0600. The SMILES string of the molecule is CNC(c1cc(Br)cs1)C1CNCCN1C. The number of nitrogens with one attached hydrogen (secondary N) is 2. The second-order valence-corrected chi connectivity index (χ2v) is 6.04. The van der Waals surface area contributed by atoms with E-state index in [-0.39, 0.29) is 0 Å². The maximum absolute atomic E-state index is 3.52. The van der Waals surface area contributed by atoms with Gasteiger partial charge in [0.2, 0.25) is 0 Å². The minimum Gasteiger partial charge on any atom is -0.314 e. The summed E-state index contributed by atoms with van der Waals surface area (Å²) in [5, 5.41) is 9.06. The zero-order valence-electron chi connectivity index (χ0n) is 9.66. The van der Waals surface area contributed by atoms with Crippen LogP contribution in [0.15, 0.2) is 15.9 Å². The van der Waals surface area contributed by atoms with Gasteiger partial charge in [0.25, 0.3) is 0 Å². The van der Waals surface area contributed by atoms with Crippen LogP contribution in [-0.2, 0) is 0 Å². The van der Waals surface area contributed by atoms with Crippen LogP contribution in [0.1, 0.15) is 10.9 Å². The van der Waals surface area contributed by atoms with Crippen LogP contribution in [0, 0.1) is 0 Å². The van der Waals surface area contributed by atoms with E-state index in [1.54, 1.807) is 0 Å². The first kappa shape index (κ1) is 12.5. The molecular formula is C11H18BrN3S. The van der Waals surface area contributed by atoms with Crippen molar-refractivity contribution in [2.24, 2.45) is 0 Å². The van der Waals surface area contributed by atoms with Gasteiger partial charge in [0.1, 0.15) is 0 Å². The number of piperazine rings is 1. The summed E-state index contributed by atoms with van der Waals surface area (Å²) in [7, 11) is 4.25. The maximum atomic E-state index is 3.52. The molecule has 0 radical (unpaired) electrons. The van der Waals surface area contributed by atoms with Crippen LogP contribution in [-0.4, -0.2) is 44.7 Å². The predicted molar refractivity (Wildman–Crippen MR) is 73.1 cm³/mol. The Morgan fingerprint density at radius 2 is 2.50 bits per heavy atom. The third-order valence-corrected chi connectivity index (χ3v) is 4.93. The fraction of sp³-hybridized carbons (Fsp3) is 0.636. The molecule has 3 nitrogen and oxygen atoms in total. The number of thiophene rings is 1. The standard InChI is InChI=1S/C11H18BrN3S/c1-13-11(10-5-8(12)7-16-10)9-6-14-3-4-15(9)2/h5,7,9,11,13-14H,3-4,6H2,1-2H3. The molecule has 1 fully saturated rings. The second-order valence-electron chi connectivity index (χ2n) is 4.19. The molecule has 90 valence electrons. The Bertz CT molecular complexity index is 342. The number of rotatable bonds is 3. The zero-order valence-corrected chi connectivity index (χ0v) is 12.1. The van der Waals surface area contributed by atoms with Crippen molar-refractivity contribution in [3.05, 3.63) is 20.8 Å². The van der Waals surface area contributed by atoms with E-state index in [9.17, 15) is 0 Å². The Labute approximate surface area is 109 Å². The molecule has 5 heteroatoms. The van der Waals surface area contributed by atoms with Crippen molar-refractivity contribution < 1.29 is 0 Å². The molecule has 0 bridgehead atoms. The molecule has 1 aromatic rings. The number of likely N-dealkylation sites (N-methyl/N-ethyl adjacent to an activating group) is 2. The molecule has 1 aliphatic heterocycles. The van der Waals surface area contributed by atoms with Gasteiger partial charge in [-0.15, -0.1) is 11.3 Å². The van der Waals surface area contributed by atoms with Gasteiger partial charge in [0.05, 0.1) is 6.04 Å². The summed E-state index contributed by atoms with van der Waals surface area (Å²) in [5.41, 5.74) is 0. The molecule has 2 atom stereocenters. The Balaban J connectivity index is 2.14. The van der Waals surface area contributed by atoms with E-state index in [2.05, 4.69) is 50.0 Å². The van der Waals surface area contributed by atoms with Crippen molar-refractivity contribution in [2.45, 2.75) is 12.1 Å². The molecule has 0 amide bonds. The van der Waals surface area contributed by atoms with Crippen LogP contribution in [0.4, 0.5) is 0 Å². The van der Waals surface area contributed by atoms with Gasteiger partial charge in [-0.2, -0.15) is 0 Å². The summed E-state index contributed by atoms with van der Waals surface area (Å²) >= 11 is 5.34. The molecule has 0 spiro atoms. The number of hydrogen-bond acceptors (Lipinski definition) is 4. The lowest BCUT2D eigenvalue weighted by Crippen LogP contribution is -2.54. The third-order valence-electron chi connectivity index (χ3n) is 3.15. The summed E-state index contributed by atoms with van der Waals surface area (Å²) in [6.45, 7) is 3.27. The Morgan fingerprint density at radius 3 is 3.06 bits per heavy atom. The van der Waals surface area contributed by atoms with Crippen LogP contribution in [0.3, 0.4) is 0 Å². The van der Waals surface area contributed by atoms with E-state index >= 15 is 0 Å². The summed E-state index contributed by atoms with van der Waals surface area (Å²) < 4.78 is 1.18. The normalized spacial score (nSPS) is 24.6. The van der Waals surface area contributed by atoms with Crippen molar-refractivity contribution in [3.8, 4) is 0 Å². The lowest BCUT2D eigenvalue weighted by atomic mass is 10.0. The van der Waals surface area contributed by atoms with Gasteiger partial charge in [0, 0.05) is 40.4 Å². The van der Waals surface area contributed by atoms with Gasteiger partial charge in [-0.1, -0.05) is 0 Å². The third kappa shape index (κ3) is 2.65. The van der Waals surface area contributed by atoms with Crippen molar-refractivity contribution in [2.75, 3.05) is 33.7 Å². The van der Waals surface area contributed by atoms with E-state index < -0.39 is 0 Å². The van der Waals surface area contributed by atoms with E-state index in [1.165, 1.54) is 9.35 Å². The average molecular weight is 304 g/mol. The quantitative estimate of drug-likeness (QED) is 0.889. The van der Waals surface area contributed by atoms with Crippen molar-refractivity contribution in [1.29, 1.82) is 0 Å².